The normalized spacial score (nSPS) is 10.4. The molecule has 0 fully saturated rings. The Hall–Kier alpha value is -2.27. The number of nitrogens with one attached hydrogen (secondary N) is 1. The average molecular weight is 288 g/mol. The van der Waals surface area contributed by atoms with Gasteiger partial charge in [0.15, 0.2) is 0 Å². The molecule has 0 spiro atoms. The van der Waals surface area contributed by atoms with Crippen molar-refractivity contribution in [1.82, 2.24) is 10.3 Å². The van der Waals surface area contributed by atoms with Crippen molar-refractivity contribution in [2.75, 3.05) is 20.3 Å². The van der Waals surface area contributed by atoms with Crippen LogP contribution in [0.25, 0.3) is 11.1 Å². The van der Waals surface area contributed by atoms with E-state index >= 15 is 0 Å². The lowest BCUT2D eigenvalue weighted by Gasteiger charge is -2.07. The van der Waals surface area contributed by atoms with Gasteiger partial charge in [0.25, 0.3) is 5.91 Å². The zero-order chi connectivity index (χ0) is 15.1. The number of nitrogens with zero attached hydrogens (tertiary/aromatic N) is 1. The van der Waals surface area contributed by atoms with Crippen molar-refractivity contribution in [2.24, 2.45) is 0 Å². The Morgan fingerprint density at radius 2 is 2.14 bits per heavy atom. The summed E-state index contributed by atoms with van der Waals surface area (Å²) in [5, 5.41) is 2.77. The van der Waals surface area contributed by atoms with Crippen molar-refractivity contribution in [1.29, 1.82) is 0 Å². The Morgan fingerprint density at radius 1 is 1.33 bits per heavy atom. The van der Waals surface area contributed by atoms with Gasteiger partial charge in [-0.05, 0) is 18.6 Å². The summed E-state index contributed by atoms with van der Waals surface area (Å²) in [6, 6.07) is 8.05. The number of carbonyl (C=O) groups is 1. The van der Waals surface area contributed by atoms with E-state index in [2.05, 4.69) is 10.3 Å². The van der Waals surface area contributed by atoms with Crippen LogP contribution in [0.4, 0.5) is 4.39 Å². The Balaban J connectivity index is 2.11. The summed E-state index contributed by atoms with van der Waals surface area (Å²) in [5.74, 6) is -0.561. The van der Waals surface area contributed by atoms with Crippen LogP contribution in [-0.4, -0.2) is 31.2 Å². The van der Waals surface area contributed by atoms with E-state index in [0.717, 1.165) is 6.42 Å². The van der Waals surface area contributed by atoms with Gasteiger partial charge in [-0.1, -0.05) is 18.2 Å². The summed E-state index contributed by atoms with van der Waals surface area (Å²) in [5.41, 5.74) is 1.42. The van der Waals surface area contributed by atoms with Crippen LogP contribution in [0.5, 0.6) is 0 Å². The number of carbonyl (C=O) groups excluding carboxylic acids is 1. The van der Waals surface area contributed by atoms with E-state index in [1.807, 2.05) is 0 Å². The van der Waals surface area contributed by atoms with E-state index in [1.165, 1.54) is 12.3 Å². The molecule has 2 rings (SSSR count). The molecule has 1 amide bonds. The lowest BCUT2D eigenvalue weighted by molar-refractivity contribution is 0.0948. The van der Waals surface area contributed by atoms with Crippen LogP contribution in [0.15, 0.2) is 42.7 Å². The maximum absolute atomic E-state index is 13.8. The second-order valence-electron chi connectivity index (χ2n) is 4.54. The van der Waals surface area contributed by atoms with Crippen LogP contribution in [0.3, 0.4) is 0 Å². The fourth-order valence-electron chi connectivity index (χ4n) is 1.93. The van der Waals surface area contributed by atoms with Crippen LogP contribution in [-0.2, 0) is 4.74 Å². The molecule has 0 saturated heterocycles. The van der Waals surface area contributed by atoms with Gasteiger partial charge < -0.3 is 10.1 Å². The van der Waals surface area contributed by atoms with Gasteiger partial charge in [-0.15, -0.1) is 0 Å². The van der Waals surface area contributed by atoms with Gasteiger partial charge in [-0.25, -0.2) is 4.39 Å². The molecule has 0 aliphatic rings. The molecule has 5 heteroatoms. The van der Waals surface area contributed by atoms with Gasteiger partial charge >= 0.3 is 0 Å². The zero-order valence-electron chi connectivity index (χ0n) is 11.8. The number of hydrogen-bond donors (Lipinski definition) is 1. The largest absolute Gasteiger partial charge is 0.385 e. The number of rotatable bonds is 6. The number of halogens is 1. The van der Waals surface area contributed by atoms with Crippen molar-refractivity contribution >= 4 is 5.91 Å². The van der Waals surface area contributed by atoms with E-state index in [1.54, 1.807) is 37.6 Å². The summed E-state index contributed by atoms with van der Waals surface area (Å²) in [6.07, 6.45) is 3.75. The van der Waals surface area contributed by atoms with Crippen molar-refractivity contribution < 1.29 is 13.9 Å². The highest BCUT2D eigenvalue weighted by Crippen LogP contribution is 2.22. The van der Waals surface area contributed by atoms with Crippen molar-refractivity contribution in [3.05, 3.63) is 54.1 Å². The predicted molar refractivity (Wildman–Crippen MR) is 78.5 cm³/mol. The Morgan fingerprint density at radius 3 is 2.90 bits per heavy atom. The van der Waals surface area contributed by atoms with Gasteiger partial charge in [0.1, 0.15) is 5.82 Å². The van der Waals surface area contributed by atoms with E-state index in [4.69, 9.17) is 4.74 Å². The van der Waals surface area contributed by atoms with E-state index in [0.29, 0.717) is 29.8 Å². The number of ether oxygens (including phenoxy) is 1. The summed E-state index contributed by atoms with van der Waals surface area (Å²) in [7, 11) is 1.61. The summed E-state index contributed by atoms with van der Waals surface area (Å²) >= 11 is 0. The molecular weight excluding hydrogens is 271 g/mol. The molecule has 4 nitrogen and oxygen atoms in total. The molecule has 0 aliphatic carbocycles. The standard InChI is InChI=1S/C16H17FN2O2/c1-21-8-4-7-19-16(20)13-9-12(10-18-11-13)14-5-2-3-6-15(14)17/h2-3,5-6,9-11H,4,7-8H2,1H3,(H,19,20). The average Bonchev–Trinajstić information content (AvgIpc) is 2.52. The molecule has 21 heavy (non-hydrogen) atoms. The first-order valence-corrected chi connectivity index (χ1v) is 6.69. The molecule has 110 valence electrons. The highest BCUT2D eigenvalue weighted by molar-refractivity contribution is 5.95. The van der Waals surface area contributed by atoms with E-state index in [9.17, 15) is 9.18 Å². The highest BCUT2D eigenvalue weighted by atomic mass is 19.1. The van der Waals surface area contributed by atoms with Gasteiger partial charge in [-0.3, -0.25) is 9.78 Å². The number of aromatic nitrogens is 1. The third-order valence-corrected chi connectivity index (χ3v) is 3.00. The van der Waals surface area contributed by atoms with Gasteiger partial charge in [0, 0.05) is 43.8 Å². The van der Waals surface area contributed by atoms with Crippen molar-refractivity contribution in [3.63, 3.8) is 0 Å². The van der Waals surface area contributed by atoms with Crippen LogP contribution < -0.4 is 5.32 Å². The first-order valence-electron chi connectivity index (χ1n) is 6.69. The first kappa shape index (κ1) is 15.1. The maximum Gasteiger partial charge on any atom is 0.252 e. The van der Waals surface area contributed by atoms with Crippen LogP contribution in [0, 0.1) is 5.82 Å². The van der Waals surface area contributed by atoms with Crippen LogP contribution in [0.2, 0.25) is 0 Å². The molecule has 0 aliphatic heterocycles. The second kappa shape index (κ2) is 7.50. The van der Waals surface area contributed by atoms with E-state index < -0.39 is 0 Å². The molecule has 0 radical (unpaired) electrons. The summed E-state index contributed by atoms with van der Waals surface area (Å²) in [4.78, 5) is 16.0. The van der Waals surface area contributed by atoms with E-state index in [-0.39, 0.29) is 11.7 Å². The lowest BCUT2D eigenvalue weighted by Crippen LogP contribution is -2.25. The van der Waals surface area contributed by atoms with Crippen molar-refractivity contribution in [3.8, 4) is 11.1 Å². The minimum Gasteiger partial charge on any atom is -0.385 e. The number of amides is 1. The molecule has 1 aromatic heterocycles. The number of pyridine rings is 1. The molecule has 1 N–H and O–H groups in total. The van der Waals surface area contributed by atoms with Gasteiger partial charge in [-0.2, -0.15) is 0 Å². The molecule has 1 heterocycles. The summed E-state index contributed by atoms with van der Waals surface area (Å²) in [6.45, 7) is 1.12. The molecular formula is C16H17FN2O2. The number of methoxy groups -OCH3 is 1. The Kier molecular flexibility index (Phi) is 5.40. The fraction of sp³-hybridized carbons (Fsp3) is 0.250. The monoisotopic (exact) mass is 288 g/mol. The fourth-order valence-corrected chi connectivity index (χ4v) is 1.93. The van der Waals surface area contributed by atoms with Crippen LogP contribution >= 0.6 is 0 Å². The predicted octanol–water partition coefficient (Wildman–Crippen LogP) is 2.65. The topological polar surface area (TPSA) is 51.2 Å². The summed E-state index contributed by atoms with van der Waals surface area (Å²) < 4.78 is 18.7. The highest BCUT2D eigenvalue weighted by Gasteiger charge is 2.09. The Bertz CT molecular complexity index is 617. The first-order chi connectivity index (χ1) is 10.2. The SMILES string of the molecule is COCCCNC(=O)c1cncc(-c2ccccc2F)c1. The molecule has 0 saturated carbocycles. The third-order valence-electron chi connectivity index (χ3n) is 3.00. The zero-order valence-corrected chi connectivity index (χ0v) is 11.8. The number of benzene rings is 1. The second-order valence-corrected chi connectivity index (χ2v) is 4.54. The molecule has 2 aromatic rings. The quantitative estimate of drug-likeness (QED) is 0.831. The molecule has 0 atom stereocenters. The molecule has 0 bridgehead atoms. The van der Waals surface area contributed by atoms with Gasteiger partial charge in [0.05, 0.1) is 5.56 Å². The van der Waals surface area contributed by atoms with Crippen LogP contribution in [0.1, 0.15) is 16.8 Å². The maximum atomic E-state index is 13.8. The Labute approximate surface area is 123 Å². The van der Waals surface area contributed by atoms with Crippen molar-refractivity contribution in [2.45, 2.75) is 6.42 Å². The number of hydrogen-bond acceptors (Lipinski definition) is 3. The molecule has 0 unspecified atom stereocenters. The lowest BCUT2D eigenvalue weighted by atomic mass is 10.1. The smallest absolute Gasteiger partial charge is 0.252 e. The minimum absolute atomic E-state index is 0.225. The molecule has 1 aromatic carbocycles. The van der Waals surface area contributed by atoms with Gasteiger partial charge in [0.2, 0.25) is 0 Å². The minimum atomic E-state index is -0.336. The third kappa shape index (κ3) is 4.10.